The van der Waals surface area contributed by atoms with E-state index in [-0.39, 0.29) is 5.71 Å². The molecular weight excluding hydrogens is 398 g/mol. The fourth-order valence-electron chi connectivity index (χ4n) is 3.55. The van der Waals surface area contributed by atoms with Gasteiger partial charge < -0.3 is 9.47 Å². The highest BCUT2D eigenvalue weighted by Crippen LogP contribution is 2.40. The number of methoxy groups -OCH3 is 2. The van der Waals surface area contributed by atoms with Crippen LogP contribution in [0.15, 0.2) is 53.6 Å². The molecule has 9 heteroatoms. The molecule has 0 unspecified atom stereocenters. The molecule has 2 atom stereocenters. The van der Waals surface area contributed by atoms with Crippen LogP contribution >= 0.6 is 11.6 Å². The van der Waals surface area contributed by atoms with Crippen molar-refractivity contribution in [3.05, 3.63) is 53.6 Å². The topological polar surface area (TPSA) is 88.5 Å². The molecule has 2 heterocycles. The van der Waals surface area contributed by atoms with E-state index < -0.39 is 29.7 Å². The number of carbonyl (C=O) groups excluding carboxylic acids is 3. The lowest BCUT2D eigenvalue weighted by atomic mass is 9.98. The Morgan fingerprint density at radius 3 is 2.38 bits per heavy atom. The van der Waals surface area contributed by atoms with Crippen LogP contribution in [0.1, 0.15) is 0 Å². The van der Waals surface area contributed by atoms with Gasteiger partial charge in [0.15, 0.2) is 5.71 Å². The second-order valence-corrected chi connectivity index (χ2v) is 6.84. The summed E-state index contributed by atoms with van der Waals surface area (Å²) in [5.74, 6) is -2.56. The van der Waals surface area contributed by atoms with Gasteiger partial charge in [0, 0.05) is 5.02 Å². The van der Waals surface area contributed by atoms with Gasteiger partial charge in [0.25, 0.3) is 5.91 Å². The van der Waals surface area contributed by atoms with Gasteiger partial charge in [-0.25, -0.2) is 9.69 Å². The molecule has 0 saturated carbocycles. The summed E-state index contributed by atoms with van der Waals surface area (Å²) in [5.41, 5.74) is 0.703. The number of hydrogen-bond donors (Lipinski definition) is 0. The molecule has 2 amide bonds. The molecule has 4 rings (SSSR count). The van der Waals surface area contributed by atoms with Crippen LogP contribution in [0.25, 0.3) is 0 Å². The van der Waals surface area contributed by atoms with Gasteiger partial charge in [-0.2, -0.15) is 5.10 Å². The minimum Gasteiger partial charge on any atom is -0.495 e. The Labute approximate surface area is 171 Å². The third kappa shape index (κ3) is 2.92. The minimum absolute atomic E-state index is 0.122. The van der Waals surface area contributed by atoms with Gasteiger partial charge in [0.2, 0.25) is 5.91 Å². The first kappa shape index (κ1) is 18.9. The van der Waals surface area contributed by atoms with Crippen molar-refractivity contribution in [2.45, 2.75) is 6.04 Å². The molecule has 0 N–H and O–H groups in total. The number of carbonyl (C=O) groups is 3. The van der Waals surface area contributed by atoms with Gasteiger partial charge in [-0.15, -0.1) is 0 Å². The Hall–Kier alpha value is -3.39. The number of halogens is 1. The number of imide groups is 1. The first-order chi connectivity index (χ1) is 14.0. The van der Waals surface area contributed by atoms with Crippen molar-refractivity contribution in [3.63, 3.8) is 0 Å². The van der Waals surface area contributed by atoms with Crippen LogP contribution in [-0.2, 0) is 19.1 Å². The zero-order chi connectivity index (χ0) is 20.7. The van der Waals surface area contributed by atoms with E-state index in [4.69, 9.17) is 21.1 Å². The first-order valence-corrected chi connectivity index (χ1v) is 9.08. The number of amides is 2. The van der Waals surface area contributed by atoms with Gasteiger partial charge in [-0.05, 0) is 36.4 Å². The lowest BCUT2D eigenvalue weighted by Crippen LogP contribution is -2.39. The number of anilines is 2. The van der Waals surface area contributed by atoms with Crippen LogP contribution in [0.2, 0.25) is 5.02 Å². The summed E-state index contributed by atoms with van der Waals surface area (Å²) >= 11 is 5.95. The highest BCUT2D eigenvalue weighted by atomic mass is 35.5. The fraction of sp³-hybridized carbons (Fsp3) is 0.200. The van der Waals surface area contributed by atoms with E-state index in [1.165, 1.54) is 19.2 Å². The third-order valence-electron chi connectivity index (χ3n) is 4.86. The van der Waals surface area contributed by atoms with Gasteiger partial charge in [0.1, 0.15) is 17.7 Å². The van der Waals surface area contributed by atoms with Crippen molar-refractivity contribution in [1.82, 2.24) is 0 Å². The van der Waals surface area contributed by atoms with Gasteiger partial charge >= 0.3 is 5.97 Å². The number of fused-ring (bicyclic) bond motifs is 1. The molecule has 0 spiro atoms. The number of benzene rings is 2. The molecule has 2 aliphatic rings. The van der Waals surface area contributed by atoms with Crippen LogP contribution < -0.4 is 14.6 Å². The van der Waals surface area contributed by atoms with Crippen molar-refractivity contribution >= 4 is 46.5 Å². The summed E-state index contributed by atoms with van der Waals surface area (Å²) in [6.45, 7) is 0. The Kier molecular flexibility index (Phi) is 4.71. The number of hydrogen-bond acceptors (Lipinski definition) is 7. The lowest BCUT2D eigenvalue weighted by Gasteiger charge is -2.22. The standard InChI is InChI=1S/C20H16ClN3O5/c1-28-14-6-4-3-5-13(14)23-18(25)15-16(20(27)29-2)22-24(17(15)19(23)26)12-9-7-11(21)8-10-12/h3-10,15,17H,1-2H3/t15-,17-/m1/s1. The summed E-state index contributed by atoms with van der Waals surface area (Å²) in [6.07, 6.45) is 0. The van der Waals surface area contributed by atoms with E-state index in [1.807, 2.05) is 0 Å². The van der Waals surface area contributed by atoms with E-state index >= 15 is 0 Å². The number of hydrazone groups is 1. The monoisotopic (exact) mass is 413 g/mol. The highest BCUT2D eigenvalue weighted by Gasteiger charge is 2.59. The summed E-state index contributed by atoms with van der Waals surface area (Å²) in [6, 6.07) is 12.3. The maximum absolute atomic E-state index is 13.3. The molecule has 2 aromatic rings. The quantitative estimate of drug-likeness (QED) is 0.564. The predicted molar refractivity (Wildman–Crippen MR) is 106 cm³/mol. The van der Waals surface area contributed by atoms with Crippen molar-refractivity contribution in [3.8, 4) is 5.75 Å². The maximum atomic E-state index is 13.3. The van der Waals surface area contributed by atoms with Gasteiger partial charge in [0.05, 0.1) is 25.6 Å². The Bertz CT molecular complexity index is 1040. The van der Waals surface area contributed by atoms with Crippen LogP contribution in [0.3, 0.4) is 0 Å². The Morgan fingerprint density at radius 1 is 1.03 bits per heavy atom. The van der Waals surface area contributed by atoms with Crippen molar-refractivity contribution in [2.24, 2.45) is 11.0 Å². The SMILES string of the molecule is COC(=O)C1=NN(c2ccc(Cl)cc2)[C@H]2C(=O)N(c3ccccc3OC)C(=O)[C@H]12. The minimum atomic E-state index is -1.09. The molecule has 2 aliphatic heterocycles. The van der Waals surface area contributed by atoms with Gasteiger partial charge in [-0.3, -0.25) is 14.6 Å². The van der Waals surface area contributed by atoms with Crippen LogP contribution in [0, 0.1) is 5.92 Å². The molecule has 29 heavy (non-hydrogen) atoms. The highest BCUT2D eigenvalue weighted by molar-refractivity contribution is 6.47. The number of rotatable bonds is 4. The van der Waals surface area contributed by atoms with Crippen molar-refractivity contribution in [1.29, 1.82) is 0 Å². The normalized spacial score (nSPS) is 20.6. The van der Waals surface area contributed by atoms with Gasteiger partial charge in [-0.1, -0.05) is 23.7 Å². The molecule has 2 aromatic carbocycles. The number of esters is 1. The molecular formula is C20H16ClN3O5. The maximum Gasteiger partial charge on any atom is 0.355 e. The average molecular weight is 414 g/mol. The zero-order valence-electron chi connectivity index (χ0n) is 15.5. The molecule has 0 bridgehead atoms. The molecule has 0 radical (unpaired) electrons. The number of para-hydroxylation sites is 2. The number of nitrogens with zero attached hydrogens (tertiary/aromatic N) is 3. The first-order valence-electron chi connectivity index (χ1n) is 8.70. The van der Waals surface area contributed by atoms with E-state index in [0.29, 0.717) is 22.1 Å². The summed E-state index contributed by atoms with van der Waals surface area (Å²) in [5, 5.41) is 6.12. The molecule has 0 aromatic heterocycles. The molecule has 8 nitrogen and oxygen atoms in total. The van der Waals surface area contributed by atoms with E-state index in [0.717, 1.165) is 4.90 Å². The fourth-order valence-corrected chi connectivity index (χ4v) is 3.67. The summed E-state index contributed by atoms with van der Waals surface area (Å²) in [4.78, 5) is 39.9. The predicted octanol–water partition coefficient (Wildman–Crippen LogP) is 2.26. The second-order valence-electron chi connectivity index (χ2n) is 6.40. The van der Waals surface area contributed by atoms with E-state index in [1.54, 1.807) is 48.5 Å². The Morgan fingerprint density at radius 2 is 1.72 bits per heavy atom. The number of ether oxygens (including phenoxy) is 2. The third-order valence-corrected chi connectivity index (χ3v) is 5.11. The largest absolute Gasteiger partial charge is 0.495 e. The molecule has 0 aliphatic carbocycles. The van der Waals surface area contributed by atoms with Crippen molar-refractivity contribution < 1.29 is 23.9 Å². The summed E-state index contributed by atoms with van der Waals surface area (Å²) < 4.78 is 10.1. The second kappa shape index (κ2) is 7.21. The summed E-state index contributed by atoms with van der Waals surface area (Å²) in [7, 11) is 2.65. The van der Waals surface area contributed by atoms with Crippen molar-refractivity contribution in [2.75, 3.05) is 24.1 Å². The Balaban J connectivity index is 1.82. The van der Waals surface area contributed by atoms with Crippen LogP contribution in [-0.4, -0.2) is 43.8 Å². The molecule has 148 valence electrons. The molecule has 1 saturated heterocycles. The van der Waals surface area contributed by atoms with Crippen LogP contribution in [0.4, 0.5) is 11.4 Å². The average Bonchev–Trinajstić information content (AvgIpc) is 3.25. The zero-order valence-corrected chi connectivity index (χ0v) is 16.3. The van der Waals surface area contributed by atoms with Crippen LogP contribution in [0.5, 0.6) is 5.75 Å². The van der Waals surface area contributed by atoms with E-state index in [2.05, 4.69) is 5.10 Å². The smallest absolute Gasteiger partial charge is 0.355 e. The van der Waals surface area contributed by atoms with E-state index in [9.17, 15) is 14.4 Å². The lowest BCUT2D eigenvalue weighted by molar-refractivity contribution is -0.133. The molecule has 1 fully saturated rings.